The number of carbonyl (C=O) groups is 1. The first-order valence-electron chi connectivity index (χ1n) is 11.3. The highest BCUT2D eigenvalue weighted by Gasteiger charge is 2.15. The molecule has 0 unspecified atom stereocenters. The topological polar surface area (TPSA) is 56.8 Å². The van der Waals surface area contributed by atoms with Gasteiger partial charge < -0.3 is 20.3 Å². The average Bonchev–Trinajstić information content (AvgIpc) is 2.75. The van der Waals surface area contributed by atoms with E-state index in [0.717, 1.165) is 64.7 Å². The third-order valence-electron chi connectivity index (χ3n) is 6.12. The standard InChI is InChI=1S/C23H38N4O2/c1-20-8-12-26(13-9-20)11-5-4-10-24-23(28)25-18-21-6-2-3-7-22(21)19-27-14-16-29-17-15-27/h2-3,6-7,20H,4-5,8-19H2,1H3,(H2,24,25,28). The highest BCUT2D eigenvalue weighted by molar-refractivity contribution is 5.73. The molecule has 2 amide bonds. The van der Waals surface area contributed by atoms with E-state index in [1.807, 2.05) is 6.07 Å². The maximum Gasteiger partial charge on any atom is 0.315 e. The Balaban J connectivity index is 1.30. The molecule has 0 radical (unpaired) electrons. The Labute approximate surface area is 176 Å². The Morgan fingerprint density at radius 1 is 1.00 bits per heavy atom. The van der Waals surface area contributed by atoms with Crippen LogP contribution in [0.15, 0.2) is 24.3 Å². The van der Waals surface area contributed by atoms with Gasteiger partial charge in [-0.3, -0.25) is 4.90 Å². The minimum absolute atomic E-state index is 0.0713. The van der Waals surface area contributed by atoms with Crippen molar-refractivity contribution in [3.05, 3.63) is 35.4 Å². The predicted molar refractivity (Wildman–Crippen MR) is 117 cm³/mol. The van der Waals surface area contributed by atoms with Gasteiger partial charge in [0, 0.05) is 32.7 Å². The van der Waals surface area contributed by atoms with Crippen molar-refractivity contribution in [3.63, 3.8) is 0 Å². The molecule has 1 aromatic carbocycles. The summed E-state index contributed by atoms with van der Waals surface area (Å²) < 4.78 is 5.43. The summed E-state index contributed by atoms with van der Waals surface area (Å²) in [5, 5.41) is 6.02. The molecule has 1 aromatic rings. The van der Waals surface area contributed by atoms with Gasteiger partial charge in [-0.25, -0.2) is 4.79 Å². The SMILES string of the molecule is CC1CCN(CCCCNC(=O)NCc2ccccc2CN2CCOCC2)CC1. The lowest BCUT2D eigenvalue weighted by molar-refractivity contribution is 0.0341. The number of nitrogens with one attached hydrogen (secondary N) is 2. The van der Waals surface area contributed by atoms with E-state index >= 15 is 0 Å². The first kappa shape index (κ1) is 22.1. The second kappa shape index (κ2) is 12.2. The molecule has 2 saturated heterocycles. The molecule has 29 heavy (non-hydrogen) atoms. The Kier molecular flexibility index (Phi) is 9.25. The molecule has 0 saturated carbocycles. The van der Waals surface area contributed by atoms with Crippen molar-refractivity contribution in [1.29, 1.82) is 0 Å². The van der Waals surface area contributed by atoms with Crippen molar-refractivity contribution in [3.8, 4) is 0 Å². The van der Waals surface area contributed by atoms with Gasteiger partial charge >= 0.3 is 6.03 Å². The number of hydrogen-bond acceptors (Lipinski definition) is 4. The molecule has 0 aliphatic carbocycles. The molecule has 0 bridgehead atoms. The number of amides is 2. The molecule has 2 heterocycles. The van der Waals surface area contributed by atoms with Crippen LogP contribution in [0.1, 0.15) is 43.7 Å². The largest absolute Gasteiger partial charge is 0.379 e. The number of piperidine rings is 1. The molecule has 2 aliphatic rings. The van der Waals surface area contributed by atoms with Gasteiger partial charge in [0.2, 0.25) is 0 Å². The molecular formula is C23H38N4O2. The Morgan fingerprint density at radius 3 is 2.48 bits per heavy atom. The molecule has 6 nitrogen and oxygen atoms in total. The lowest BCUT2D eigenvalue weighted by Crippen LogP contribution is -2.37. The second-order valence-electron chi connectivity index (χ2n) is 8.50. The lowest BCUT2D eigenvalue weighted by atomic mass is 9.99. The summed E-state index contributed by atoms with van der Waals surface area (Å²) in [6, 6.07) is 8.31. The molecule has 6 heteroatoms. The zero-order valence-electron chi connectivity index (χ0n) is 18.0. The fourth-order valence-corrected chi connectivity index (χ4v) is 4.07. The Bertz CT molecular complexity index is 611. The van der Waals surface area contributed by atoms with Crippen molar-refractivity contribution >= 4 is 6.03 Å². The zero-order chi connectivity index (χ0) is 20.3. The average molecular weight is 403 g/mol. The van der Waals surface area contributed by atoms with Crippen molar-refractivity contribution in [2.75, 3.05) is 52.5 Å². The van der Waals surface area contributed by atoms with E-state index in [1.54, 1.807) is 0 Å². The van der Waals surface area contributed by atoms with Crippen molar-refractivity contribution in [2.45, 2.75) is 45.7 Å². The highest BCUT2D eigenvalue weighted by atomic mass is 16.5. The van der Waals surface area contributed by atoms with Gasteiger partial charge in [-0.1, -0.05) is 31.2 Å². The minimum Gasteiger partial charge on any atom is -0.379 e. The molecule has 0 atom stereocenters. The minimum atomic E-state index is -0.0713. The first-order chi connectivity index (χ1) is 14.2. The van der Waals surface area contributed by atoms with E-state index in [4.69, 9.17) is 4.74 Å². The third kappa shape index (κ3) is 7.96. The number of ether oxygens (including phenoxy) is 1. The number of hydrogen-bond donors (Lipinski definition) is 2. The van der Waals surface area contributed by atoms with Crippen LogP contribution in [-0.4, -0.2) is 68.3 Å². The number of nitrogens with zero attached hydrogens (tertiary/aromatic N) is 2. The van der Waals surface area contributed by atoms with E-state index in [-0.39, 0.29) is 6.03 Å². The van der Waals surface area contributed by atoms with Gasteiger partial charge in [0.1, 0.15) is 0 Å². The molecule has 0 spiro atoms. The summed E-state index contributed by atoms with van der Waals surface area (Å²) in [4.78, 5) is 17.1. The summed E-state index contributed by atoms with van der Waals surface area (Å²) in [5.41, 5.74) is 2.47. The van der Waals surface area contributed by atoms with Crippen molar-refractivity contribution < 1.29 is 9.53 Å². The molecule has 2 N–H and O–H groups in total. The summed E-state index contributed by atoms with van der Waals surface area (Å²) >= 11 is 0. The van der Waals surface area contributed by atoms with Gasteiger partial charge in [-0.05, 0) is 62.4 Å². The second-order valence-corrected chi connectivity index (χ2v) is 8.50. The van der Waals surface area contributed by atoms with Crippen LogP contribution in [0.4, 0.5) is 4.79 Å². The summed E-state index contributed by atoms with van der Waals surface area (Å²) in [5.74, 6) is 0.885. The van der Waals surface area contributed by atoms with E-state index in [9.17, 15) is 4.79 Å². The predicted octanol–water partition coefficient (Wildman–Crippen LogP) is 2.83. The van der Waals surface area contributed by atoms with Gasteiger partial charge in [-0.2, -0.15) is 0 Å². The van der Waals surface area contributed by atoms with Crippen LogP contribution < -0.4 is 10.6 Å². The van der Waals surface area contributed by atoms with Crippen LogP contribution in [-0.2, 0) is 17.8 Å². The maximum atomic E-state index is 12.2. The quantitative estimate of drug-likeness (QED) is 0.624. The summed E-state index contributed by atoms with van der Waals surface area (Å²) in [6.07, 6.45) is 4.84. The van der Waals surface area contributed by atoms with Crippen LogP contribution in [0, 0.1) is 5.92 Å². The van der Waals surface area contributed by atoms with E-state index in [0.29, 0.717) is 6.54 Å². The Hall–Kier alpha value is -1.63. The highest BCUT2D eigenvalue weighted by Crippen LogP contribution is 2.16. The number of likely N-dealkylation sites (tertiary alicyclic amines) is 1. The molecule has 162 valence electrons. The van der Waals surface area contributed by atoms with E-state index in [2.05, 4.69) is 45.6 Å². The number of morpholine rings is 1. The van der Waals surface area contributed by atoms with Crippen molar-refractivity contribution in [1.82, 2.24) is 20.4 Å². The van der Waals surface area contributed by atoms with Gasteiger partial charge in [0.15, 0.2) is 0 Å². The lowest BCUT2D eigenvalue weighted by Gasteiger charge is -2.30. The van der Waals surface area contributed by atoms with Crippen LogP contribution in [0.25, 0.3) is 0 Å². The molecule has 3 rings (SSSR count). The molecular weight excluding hydrogens is 364 g/mol. The number of urea groups is 1. The van der Waals surface area contributed by atoms with E-state index < -0.39 is 0 Å². The first-order valence-corrected chi connectivity index (χ1v) is 11.3. The zero-order valence-corrected chi connectivity index (χ0v) is 18.0. The number of carbonyl (C=O) groups excluding carboxylic acids is 1. The number of benzene rings is 1. The maximum absolute atomic E-state index is 12.2. The van der Waals surface area contributed by atoms with Crippen LogP contribution in [0.3, 0.4) is 0 Å². The van der Waals surface area contributed by atoms with Crippen molar-refractivity contribution in [2.24, 2.45) is 5.92 Å². The van der Waals surface area contributed by atoms with Gasteiger partial charge in [-0.15, -0.1) is 0 Å². The Morgan fingerprint density at radius 2 is 1.72 bits per heavy atom. The molecule has 2 fully saturated rings. The third-order valence-corrected chi connectivity index (χ3v) is 6.12. The van der Waals surface area contributed by atoms with Gasteiger partial charge in [0.25, 0.3) is 0 Å². The number of unbranched alkanes of at least 4 members (excludes halogenated alkanes) is 1. The van der Waals surface area contributed by atoms with Gasteiger partial charge in [0.05, 0.1) is 13.2 Å². The van der Waals surface area contributed by atoms with E-state index in [1.165, 1.54) is 37.1 Å². The fourth-order valence-electron chi connectivity index (χ4n) is 4.07. The fraction of sp³-hybridized carbons (Fsp3) is 0.696. The van der Waals surface area contributed by atoms with Crippen LogP contribution >= 0.6 is 0 Å². The molecule has 2 aliphatic heterocycles. The van der Waals surface area contributed by atoms with Crippen LogP contribution in [0.5, 0.6) is 0 Å². The number of rotatable bonds is 9. The van der Waals surface area contributed by atoms with Crippen LogP contribution in [0.2, 0.25) is 0 Å². The summed E-state index contributed by atoms with van der Waals surface area (Å²) in [7, 11) is 0. The summed E-state index contributed by atoms with van der Waals surface area (Å²) in [6.45, 7) is 11.8. The monoisotopic (exact) mass is 402 g/mol. The molecule has 0 aromatic heterocycles. The smallest absolute Gasteiger partial charge is 0.315 e. The normalized spacial score (nSPS) is 19.2.